The second-order valence-corrected chi connectivity index (χ2v) is 6.50. The molecule has 0 atom stereocenters. The number of thiazole rings is 1. The Bertz CT molecular complexity index is 812. The molecule has 0 aliphatic carbocycles. The number of carbonyl (C=O) groups excluding carboxylic acids is 2. The molecule has 1 N–H and O–H groups in total. The Morgan fingerprint density at radius 1 is 1.32 bits per heavy atom. The first-order valence-electron chi connectivity index (χ1n) is 7.56. The molecule has 0 spiro atoms. The highest BCUT2D eigenvalue weighted by atomic mass is 32.1. The van der Waals surface area contributed by atoms with Crippen molar-refractivity contribution < 1.29 is 19.1 Å². The summed E-state index contributed by atoms with van der Waals surface area (Å²) in [6.07, 6.45) is 0.942. The van der Waals surface area contributed by atoms with E-state index in [0.717, 1.165) is 16.9 Å². The third-order valence-electron chi connectivity index (χ3n) is 3.10. The number of aromatic nitrogens is 1. The van der Waals surface area contributed by atoms with E-state index in [2.05, 4.69) is 11.9 Å². The molecular weight excluding hydrogens is 360 g/mol. The van der Waals surface area contributed by atoms with Crippen molar-refractivity contribution in [3.05, 3.63) is 57.4 Å². The summed E-state index contributed by atoms with van der Waals surface area (Å²) in [6.45, 7) is 6.06. The Hall–Kier alpha value is -2.45. The number of ether oxygens (including phenoxy) is 2. The van der Waals surface area contributed by atoms with E-state index in [1.54, 1.807) is 17.6 Å². The minimum absolute atomic E-state index is 0.119. The lowest BCUT2D eigenvalue weighted by Gasteiger charge is -2.11. The lowest BCUT2D eigenvalue weighted by molar-refractivity contribution is 0.0532. The van der Waals surface area contributed by atoms with Gasteiger partial charge in [0.2, 0.25) is 0 Å². The molecule has 2 aromatic rings. The third-order valence-corrected chi connectivity index (χ3v) is 4.53. The first kappa shape index (κ1) is 18.9. The predicted molar refractivity (Wildman–Crippen MR) is 99.5 cm³/mol. The molecule has 0 bridgehead atoms. The summed E-state index contributed by atoms with van der Waals surface area (Å²) in [6, 6.07) is 9.29. The van der Waals surface area contributed by atoms with E-state index in [4.69, 9.17) is 21.7 Å². The largest absolute Gasteiger partial charge is 0.462 e. The van der Waals surface area contributed by atoms with Crippen molar-refractivity contribution >= 4 is 41.4 Å². The first-order valence-corrected chi connectivity index (χ1v) is 8.78. The zero-order valence-corrected chi connectivity index (χ0v) is 15.3. The van der Waals surface area contributed by atoms with Gasteiger partial charge in [0.25, 0.3) is 0 Å². The van der Waals surface area contributed by atoms with Crippen LogP contribution in [0.1, 0.15) is 22.2 Å². The SMILES string of the molecule is C=CCn1c(NC(=O)OCc2ccccc2)c(C(=O)OCC)sc1=S. The van der Waals surface area contributed by atoms with Crippen LogP contribution in [0.3, 0.4) is 0 Å². The van der Waals surface area contributed by atoms with Crippen molar-refractivity contribution in [2.45, 2.75) is 20.1 Å². The van der Waals surface area contributed by atoms with Gasteiger partial charge < -0.3 is 14.0 Å². The number of nitrogens with zero attached hydrogens (tertiary/aromatic N) is 1. The molecule has 8 heteroatoms. The number of esters is 1. The smallest absolute Gasteiger partial charge is 0.413 e. The van der Waals surface area contributed by atoms with Gasteiger partial charge in [-0.3, -0.25) is 5.32 Å². The quantitative estimate of drug-likeness (QED) is 0.440. The second kappa shape index (κ2) is 9.14. The van der Waals surface area contributed by atoms with Gasteiger partial charge >= 0.3 is 12.1 Å². The van der Waals surface area contributed by atoms with Gasteiger partial charge in [0, 0.05) is 6.54 Å². The molecule has 0 unspecified atom stereocenters. The number of carbonyl (C=O) groups is 2. The Morgan fingerprint density at radius 3 is 2.68 bits per heavy atom. The maximum absolute atomic E-state index is 12.1. The van der Waals surface area contributed by atoms with Gasteiger partial charge in [0.15, 0.2) is 8.83 Å². The molecule has 0 saturated carbocycles. The van der Waals surface area contributed by atoms with Crippen LogP contribution in [0, 0.1) is 3.95 Å². The van der Waals surface area contributed by atoms with Crippen LogP contribution >= 0.6 is 23.6 Å². The van der Waals surface area contributed by atoms with Crippen LogP contribution in [0.5, 0.6) is 0 Å². The van der Waals surface area contributed by atoms with Gasteiger partial charge in [-0.15, -0.1) is 6.58 Å². The average molecular weight is 378 g/mol. The van der Waals surface area contributed by atoms with Gasteiger partial charge in [-0.25, -0.2) is 9.59 Å². The van der Waals surface area contributed by atoms with Crippen molar-refractivity contribution in [3.8, 4) is 0 Å². The van der Waals surface area contributed by atoms with E-state index in [1.807, 2.05) is 30.3 Å². The molecule has 0 saturated heterocycles. The van der Waals surface area contributed by atoms with Crippen molar-refractivity contribution in [2.24, 2.45) is 0 Å². The molecule has 0 radical (unpaired) electrons. The molecule has 132 valence electrons. The zero-order valence-electron chi connectivity index (χ0n) is 13.7. The van der Waals surface area contributed by atoms with Crippen molar-refractivity contribution in [1.82, 2.24) is 4.57 Å². The first-order chi connectivity index (χ1) is 12.1. The maximum atomic E-state index is 12.1. The third kappa shape index (κ3) is 5.01. The van der Waals surface area contributed by atoms with E-state index < -0.39 is 12.1 Å². The molecule has 0 aliphatic heterocycles. The fraction of sp³-hybridized carbons (Fsp3) is 0.235. The van der Waals surface area contributed by atoms with Crippen LogP contribution in [0.4, 0.5) is 10.6 Å². The molecular formula is C17H18N2O4S2. The Kier molecular flexibility index (Phi) is 6.91. The van der Waals surface area contributed by atoms with Crippen molar-refractivity contribution in [1.29, 1.82) is 0 Å². The fourth-order valence-corrected chi connectivity index (χ4v) is 3.28. The zero-order chi connectivity index (χ0) is 18.2. The van der Waals surface area contributed by atoms with Crippen molar-refractivity contribution in [2.75, 3.05) is 11.9 Å². The topological polar surface area (TPSA) is 69.6 Å². The van der Waals surface area contributed by atoms with Gasteiger partial charge in [-0.1, -0.05) is 47.7 Å². The van der Waals surface area contributed by atoms with Gasteiger partial charge in [0.1, 0.15) is 12.4 Å². The van der Waals surface area contributed by atoms with Gasteiger partial charge in [-0.05, 0) is 24.7 Å². The van der Waals surface area contributed by atoms with Crippen molar-refractivity contribution in [3.63, 3.8) is 0 Å². The normalized spacial score (nSPS) is 10.1. The molecule has 1 aromatic heterocycles. The van der Waals surface area contributed by atoms with Gasteiger partial charge in [-0.2, -0.15) is 0 Å². The molecule has 1 amide bonds. The van der Waals surface area contributed by atoms with E-state index >= 15 is 0 Å². The van der Waals surface area contributed by atoms with Crippen LogP contribution in [0.2, 0.25) is 0 Å². The standard InChI is InChI=1S/C17H18N2O4S2/c1-3-10-19-14(13(25-17(19)24)15(20)22-4-2)18-16(21)23-11-12-8-6-5-7-9-12/h3,5-9H,1,4,10-11H2,2H3,(H,18,21). The Balaban J connectivity index is 2.18. The van der Waals surface area contributed by atoms with Crippen LogP contribution in [0.25, 0.3) is 0 Å². The number of anilines is 1. The highest BCUT2D eigenvalue weighted by molar-refractivity contribution is 7.73. The van der Waals surface area contributed by atoms with Gasteiger partial charge in [0.05, 0.1) is 6.61 Å². The number of hydrogen-bond acceptors (Lipinski definition) is 6. The highest BCUT2D eigenvalue weighted by Gasteiger charge is 2.22. The molecule has 1 heterocycles. The summed E-state index contributed by atoms with van der Waals surface area (Å²) < 4.78 is 12.3. The number of amides is 1. The van der Waals surface area contributed by atoms with Crippen LogP contribution in [0.15, 0.2) is 43.0 Å². The highest BCUT2D eigenvalue weighted by Crippen LogP contribution is 2.26. The molecule has 0 aliphatic rings. The van der Waals surface area contributed by atoms with E-state index in [9.17, 15) is 9.59 Å². The second-order valence-electron chi connectivity index (χ2n) is 4.85. The summed E-state index contributed by atoms with van der Waals surface area (Å²) in [7, 11) is 0. The van der Waals surface area contributed by atoms with E-state index in [1.165, 1.54) is 0 Å². The fourth-order valence-electron chi connectivity index (χ4n) is 2.01. The van der Waals surface area contributed by atoms with E-state index in [-0.39, 0.29) is 23.9 Å². The number of allylic oxidation sites excluding steroid dienone is 1. The molecule has 1 aromatic carbocycles. The minimum atomic E-state index is -0.681. The Morgan fingerprint density at radius 2 is 2.04 bits per heavy atom. The van der Waals surface area contributed by atoms with Crippen LogP contribution in [-0.4, -0.2) is 23.2 Å². The molecule has 6 nitrogen and oxygen atoms in total. The predicted octanol–water partition coefficient (Wildman–Crippen LogP) is 4.39. The maximum Gasteiger partial charge on any atom is 0.413 e. The number of benzene rings is 1. The van der Waals surface area contributed by atoms with Crippen LogP contribution in [-0.2, 0) is 22.6 Å². The number of hydrogen-bond donors (Lipinski definition) is 1. The number of nitrogens with one attached hydrogen (secondary N) is 1. The monoisotopic (exact) mass is 378 g/mol. The van der Waals surface area contributed by atoms with Crippen LogP contribution < -0.4 is 5.32 Å². The summed E-state index contributed by atoms with van der Waals surface area (Å²) in [5.74, 6) is -0.286. The number of rotatable bonds is 7. The average Bonchev–Trinajstić information content (AvgIpc) is 2.91. The summed E-state index contributed by atoms with van der Waals surface area (Å²) in [5, 5.41) is 2.59. The van der Waals surface area contributed by atoms with E-state index in [0.29, 0.717) is 10.5 Å². The summed E-state index contributed by atoms with van der Waals surface area (Å²) >= 11 is 6.33. The molecule has 0 fully saturated rings. The minimum Gasteiger partial charge on any atom is -0.462 e. The molecule has 2 rings (SSSR count). The lowest BCUT2D eigenvalue weighted by atomic mass is 10.2. The molecule has 25 heavy (non-hydrogen) atoms. The Labute approximate surface area is 154 Å². The summed E-state index contributed by atoms with van der Waals surface area (Å²) in [5.41, 5.74) is 0.858. The lowest BCUT2D eigenvalue weighted by Crippen LogP contribution is -2.19. The summed E-state index contributed by atoms with van der Waals surface area (Å²) in [4.78, 5) is 24.5.